The molecule has 1 atom stereocenters. The average molecular weight is 415 g/mol. The van der Waals surface area contributed by atoms with Gasteiger partial charge in [0.25, 0.3) is 5.91 Å². The molecule has 1 saturated heterocycles. The zero-order chi connectivity index (χ0) is 21.2. The minimum atomic E-state index is -0.274. The van der Waals surface area contributed by atoms with E-state index in [1.807, 2.05) is 41.3 Å². The molecule has 4 aromatic rings. The Kier molecular flexibility index (Phi) is 5.20. The molecule has 0 aliphatic carbocycles. The third-order valence-corrected chi connectivity index (χ3v) is 5.71. The van der Waals surface area contributed by atoms with E-state index in [1.54, 1.807) is 18.3 Å². The van der Waals surface area contributed by atoms with Crippen molar-refractivity contribution in [1.29, 1.82) is 0 Å². The topological polar surface area (TPSA) is 59.2 Å². The minimum Gasteiger partial charge on any atom is -0.443 e. The molecule has 3 heterocycles. The second-order valence-corrected chi connectivity index (χ2v) is 7.87. The standard InChI is InChI=1S/C25H22FN3O2/c26-19-8-5-6-17(14-19)15-20-16-27-24(31-20)23-10-3-4-13-29(23)25(30)22-12-11-18-7-1-2-9-21(18)28-22/h1-2,5-9,11-12,14,16,23H,3-4,10,13,15H2. The Labute approximate surface area is 179 Å². The monoisotopic (exact) mass is 415 g/mol. The van der Waals surface area contributed by atoms with Gasteiger partial charge in [0.15, 0.2) is 0 Å². The van der Waals surface area contributed by atoms with E-state index in [4.69, 9.17) is 4.42 Å². The third kappa shape index (κ3) is 4.06. The van der Waals surface area contributed by atoms with E-state index in [9.17, 15) is 9.18 Å². The van der Waals surface area contributed by atoms with E-state index in [2.05, 4.69) is 9.97 Å². The van der Waals surface area contributed by atoms with Gasteiger partial charge in [-0.2, -0.15) is 0 Å². The number of likely N-dealkylation sites (tertiary alicyclic amines) is 1. The summed E-state index contributed by atoms with van der Waals surface area (Å²) in [6.07, 6.45) is 4.86. The lowest BCUT2D eigenvalue weighted by atomic mass is 10.0. The van der Waals surface area contributed by atoms with Crippen LogP contribution in [0.1, 0.15) is 53.0 Å². The van der Waals surface area contributed by atoms with Gasteiger partial charge >= 0.3 is 0 Å². The Balaban J connectivity index is 1.39. The number of hydrogen-bond acceptors (Lipinski definition) is 4. The molecule has 2 aromatic carbocycles. The maximum Gasteiger partial charge on any atom is 0.273 e. The summed E-state index contributed by atoms with van der Waals surface area (Å²) in [6, 6.07) is 17.7. The third-order valence-electron chi connectivity index (χ3n) is 5.71. The molecular formula is C25H22FN3O2. The number of pyridine rings is 1. The molecule has 1 unspecified atom stereocenters. The predicted octanol–water partition coefficient (Wildman–Crippen LogP) is 5.32. The number of piperidine rings is 1. The number of halogens is 1. The van der Waals surface area contributed by atoms with Crippen molar-refractivity contribution in [2.75, 3.05) is 6.54 Å². The number of carbonyl (C=O) groups is 1. The number of fused-ring (bicyclic) bond motifs is 1. The fraction of sp³-hybridized carbons (Fsp3) is 0.240. The lowest BCUT2D eigenvalue weighted by Gasteiger charge is -2.33. The zero-order valence-corrected chi connectivity index (χ0v) is 17.0. The molecule has 5 rings (SSSR count). The molecule has 1 aliphatic heterocycles. The summed E-state index contributed by atoms with van der Waals surface area (Å²) >= 11 is 0. The van der Waals surface area contributed by atoms with Crippen molar-refractivity contribution < 1.29 is 13.6 Å². The normalized spacial score (nSPS) is 16.5. The molecule has 0 saturated carbocycles. The first-order valence-corrected chi connectivity index (χ1v) is 10.5. The van der Waals surface area contributed by atoms with E-state index in [0.717, 1.165) is 35.7 Å². The summed E-state index contributed by atoms with van der Waals surface area (Å²) in [4.78, 5) is 24.2. The van der Waals surface area contributed by atoms with Crippen LogP contribution in [-0.4, -0.2) is 27.3 Å². The SMILES string of the molecule is O=C(c1ccc2ccccc2n1)N1CCCCC1c1ncc(Cc2cccc(F)c2)o1. The first-order valence-electron chi connectivity index (χ1n) is 10.5. The van der Waals surface area contributed by atoms with Gasteiger partial charge < -0.3 is 9.32 Å². The molecule has 0 N–H and O–H groups in total. The number of para-hydroxylation sites is 1. The molecule has 1 amide bonds. The highest BCUT2D eigenvalue weighted by atomic mass is 19.1. The van der Waals surface area contributed by atoms with Gasteiger partial charge in [-0.3, -0.25) is 4.79 Å². The van der Waals surface area contributed by atoms with E-state index in [1.165, 1.54) is 12.1 Å². The van der Waals surface area contributed by atoms with Crippen LogP contribution in [0, 0.1) is 5.82 Å². The number of amides is 1. The average Bonchev–Trinajstić information content (AvgIpc) is 3.26. The molecule has 2 aromatic heterocycles. The van der Waals surface area contributed by atoms with Crippen LogP contribution < -0.4 is 0 Å². The number of nitrogens with zero attached hydrogens (tertiary/aromatic N) is 3. The number of benzene rings is 2. The van der Waals surface area contributed by atoms with Gasteiger partial charge in [0.05, 0.1) is 11.7 Å². The van der Waals surface area contributed by atoms with Gasteiger partial charge in [-0.1, -0.05) is 36.4 Å². The molecule has 1 fully saturated rings. The summed E-state index contributed by atoms with van der Waals surface area (Å²) in [6.45, 7) is 0.639. The smallest absolute Gasteiger partial charge is 0.273 e. The van der Waals surface area contributed by atoms with Crippen LogP contribution in [0.2, 0.25) is 0 Å². The molecule has 0 bridgehead atoms. The largest absolute Gasteiger partial charge is 0.443 e. The number of oxazole rings is 1. The van der Waals surface area contributed by atoms with Crippen LogP contribution in [-0.2, 0) is 6.42 Å². The number of rotatable bonds is 4. The van der Waals surface area contributed by atoms with Crippen molar-refractivity contribution >= 4 is 16.8 Å². The lowest BCUT2D eigenvalue weighted by molar-refractivity contribution is 0.0564. The first-order chi connectivity index (χ1) is 15.2. The Morgan fingerprint density at radius 2 is 2.00 bits per heavy atom. The van der Waals surface area contributed by atoms with Gasteiger partial charge in [-0.05, 0) is 49.1 Å². The van der Waals surface area contributed by atoms with Crippen LogP contribution in [0.4, 0.5) is 4.39 Å². The number of hydrogen-bond donors (Lipinski definition) is 0. The molecule has 156 valence electrons. The first kappa shape index (κ1) is 19.4. The fourth-order valence-electron chi connectivity index (χ4n) is 4.17. The van der Waals surface area contributed by atoms with Crippen LogP contribution in [0.15, 0.2) is 71.3 Å². The second-order valence-electron chi connectivity index (χ2n) is 7.87. The molecular weight excluding hydrogens is 393 g/mol. The molecule has 31 heavy (non-hydrogen) atoms. The van der Waals surface area contributed by atoms with Crippen molar-refractivity contribution in [3.05, 3.63) is 95.6 Å². The van der Waals surface area contributed by atoms with Gasteiger partial charge in [0.2, 0.25) is 5.89 Å². The highest BCUT2D eigenvalue weighted by Crippen LogP contribution is 2.32. The molecule has 6 heteroatoms. The minimum absolute atomic E-state index is 0.111. The Hall–Kier alpha value is -3.54. The maximum absolute atomic E-state index is 13.5. The Bertz CT molecular complexity index is 1240. The lowest BCUT2D eigenvalue weighted by Crippen LogP contribution is -2.39. The summed E-state index contributed by atoms with van der Waals surface area (Å²) in [7, 11) is 0. The van der Waals surface area contributed by atoms with E-state index < -0.39 is 0 Å². The number of aromatic nitrogens is 2. The van der Waals surface area contributed by atoms with Crippen LogP contribution >= 0.6 is 0 Å². The fourth-order valence-corrected chi connectivity index (χ4v) is 4.17. The Morgan fingerprint density at radius 1 is 1.10 bits per heavy atom. The summed E-state index contributed by atoms with van der Waals surface area (Å²) in [5.41, 5.74) is 2.05. The summed E-state index contributed by atoms with van der Waals surface area (Å²) in [5, 5.41) is 1.00. The van der Waals surface area contributed by atoms with E-state index in [-0.39, 0.29) is 17.8 Å². The highest BCUT2D eigenvalue weighted by Gasteiger charge is 2.32. The van der Waals surface area contributed by atoms with Crippen LogP contribution in [0.25, 0.3) is 10.9 Å². The van der Waals surface area contributed by atoms with Gasteiger partial charge in [0.1, 0.15) is 23.3 Å². The second kappa shape index (κ2) is 8.30. The van der Waals surface area contributed by atoms with Gasteiger partial charge in [-0.25, -0.2) is 14.4 Å². The van der Waals surface area contributed by atoms with Crippen molar-refractivity contribution in [3.8, 4) is 0 Å². The van der Waals surface area contributed by atoms with Crippen LogP contribution in [0.5, 0.6) is 0 Å². The quantitative estimate of drug-likeness (QED) is 0.453. The van der Waals surface area contributed by atoms with Crippen molar-refractivity contribution in [1.82, 2.24) is 14.9 Å². The van der Waals surface area contributed by atoms with Crippen molar-refractivity contribution in [2.24, 2.45) is 0 Å². The zero-order valence-electron chi connectivity index (χ0n) is 17.0. The van der Waals surface area contributed by atoms with Crippen molar-refractivity contribution in [3.63, 3.8) is 0 Å². The van der Waals surface area contributed by atoms with E-state index >= 15 is 0 Å². The summed E-state index contributed by atoms with van der Waals surface area (Å²) in [5.74, 6) is 0.798. The van der Waals surface area contributed by atoms with E-state index in [0.29, 0.717) is 30.3 Å². The molecule has 1 aliphatic rings. The molecule has 0 radical (unpaired) electrons. The Morgan fingerprint density at radius 3 is 2.90 bits per heavy atom. The predicted molar refractivity (Wildman–Crippen MR) is 115 cm³/mol. The highest BCUT2D eigenvalue weighted by molar-refractivity contribution is 5.95. The maximum atomic E-state index is 13.5. The van der Waals surface area contributed by atoms with Gasteiger partial charge in [-0.15, -0.1) is 0 Å². The summed E-state index contributed by atoms with van der Waals surface area (Å²) < 4.78 is 19.5. The number of carbonyl (C=O) groups excluding carboxylic acids is 1. The van der Waals surface area contributed by atoms with Crippen LogP contribution in [0.3, 0.4) is 0 Å². The molecule has 0 spiro atoms. The van der Waals surface area contributed by atoms with Crippen molar-refractivity contribution in [2.45, 2.75) is 31.7 Å². The van der Waals surface area contributed by atoms with Gasteiger partial charge in [0, 0.05) is 18.4 Å². The molecule has 5 nitrogen and oxygen atoms in total.